The predicted molar refractivity (Wildman–Crippen MR) is 354 cm³/mol. The summed E-state index contributed by atoms with van der Waals surface area (Å²) in [7, 11) is 0. The first-order valence-corrected chi connectivity index (χ1v) is 30.7. The third kappa shape index (κ3) is 22.0. The van der Waals surface area contributed by atoms with Crippen molar-refractivity contribution in [2.45, 2.75) is 99.7 Å². The quantitative estimate of drug-likeness (QED) is 0.0296. The van der Waals surface area contributed by atoms with Crippen LogP contribution in [0.15, 0.2) is 194 Å². The summed E-state index contributed by atoms with van der Waals surface area (Å²) in [6, 6.07) is 33.3. The number of amides is 7. The molecule has 0 aromatic heterocycles. The van der Waals surface area contributed by atoms with Gasteiger partial charge in [0.05, 0.1) is 6.04 Å². The number of phenolic OH excluding ortho intramolecular Hbond substituents is 8. The predicted octanol–water partition coefficient (Wildman–Crippen LogP) is 3.38. The first kappa shape index (κ1) is 70.7. The van der Waals surface area contributed by atoms with E-state index in [1.54, 1.807) is 12.1 Å². The van der Waals surface area contributed by atoms with Gasteiger partial charge in [0.15, 0.2) is 0 Å². The molecule has 0 aliphatic rings. The van der Waals surface area contributed by atoms with Gasteiger partial charge in [0.1, 0.15) is 88.3 Å². The summed E-state index contributed by atoms with van der Waals surface area (Å²) < 4.78 is 0. The van der Waals surface area contributed by atoms with E-state index in [1.807, 2.05) is 0 Å². The molecule has 0 radical (unpaired) electrons. The number of hydrogen-bond acceptors (Lipinski definition) is 17. The highest BCUT2D eigenvalue weighted by molar-refractivity contribution is 5.98. The Hall–Kier alpha value is -12.1. The normalized spacial score (nSPS) is 13.5. The summed E-state index contributed by atoms with van der Waals surface area (Å²) in [4.78, 5) is 116. The number of hydrogen-bond donors (Lipinski definition) is 17. The summed E-state index contributed by atoms with van der Waals surface area (Å²) in [6.07, 6.45) is -1.95. The fourth-order valence-corrected chi connectivity index (χ4v) is 10.4. The fourth-order valence-electron chi connectivity index (χ4n) is 10.4. The van der Waals surface area contributed by atoms with Gasteiger partial charge in [-0.2, -0.15) is 0 Å². The SMILES string of the molecule is N[C@@H](Cc1ccc(O)cc1)C(=O)N[C@@H](Cc1ccc(O)cc1)C(=O)N[C@@H](Cc1ccc(O)cc1)C(=O)N[C@@H](Cc1ccc(O)cc1)C(=O)N[C@@H](Cc1ccc(O)cc1)C(=O)N[C@@H](Cc1ccc(O)cc1)C(=O)N[C@@H](Cc1ccc(O)cc1)C(=O)N[C@@H](Cc1ccc(O)cc1)C(=O)O. The molecule has 8 aromatic rings. The lowest BCUT2D eigenvalue weighted by Gasteiger charge is -2.28. The van der Waals surface area contributed by atoms with Crippen LogP contribution in [-0.4, -0.2) is 142 Å². The van der Waals surface area contributed by atoms with Crippen LogP contribution >= 0.6 is 0 Å². The Labute approximate surface area is 556 Å². The van der Waals surface area contributed by atoms with Crippen LogP contribution in [0.3, 0.4) is 0 Å². The van der Waals surface area contributed by atoms with E-state index in [2.05, 4.69) is 37.2 Å². The van der Waals surface area contributed by atoms with E-state index in [0.717, 1.165) is 0 Å². The van der Waals surface area contributed by atoms with Gasteiger partial charge >= 0.3 is 5.97 Å². The fraction of sp³-hybridized carbons (Fsp3) is 0.222. The Morgan fingerprint density at radius 1 is 0.227 bits per heavy atom. The molecule has 97 heavy (non-hydrogen) atoms. The molecule has 504 valence electrons. The lowest BCUT2D eigenvalue weighted by molar-refractivity contribution is -0.142. The number of aromatic hydroxyl groups is 8. The van der Waals surface area contributed by atoms with Gasteiger partial charge in [-0.15, -0.1) is 0 Å². The Morgan fingerprint density at radius 3 is 0.526 bits per heavy atom. The van der Waals surface area contributed by atoms with Crippen molar-refractivity contribution in [1.29, 1.82) is 0 Å². The van der Waals surface area contributed by atoms with Gasteiger partial charge in [-0.1, -0.05) is 97.1 Å². The van der Waals surface area contributed by atoms with E-state index in [9.17, 15) is 69.9 Å². The number of nitrogens with one attached hydrogen (secondary N) is 7. The zero-order chi connectivity index (χ0) is 69.7. The molecule has 8 rings (SSSR count). The van der Waals surface area contributed by atoms with Crippen LogP contribution in [0, 0.1) is 0 Å². The molecule has 0 aliphatic carbocycles. The molecule has 0 unspecified atom stereocenters. The maximum absolute atomic E-state index is 15.2. The molecule has 0 saturated carbocycles. The van der Waals surface area contributed by atoms with E-state index in [4.69, 9.17) is 5.73 Å². The van der Waals surface area contributed by atoms with Gasteiger partial charge in [-0.25, -0.2) is 4.79 Å². The van der Waals surface area contributed by atoms with E-state index in [1.165, 1.54) is 182 Å². The number of benzene rings is 8. The molecule has 0 heterocycles. The Morgan fingerprint density at radius 2 is 0.361 bits per heavy atom. The van der Waals surface area contributed by atoms with Gasteiger partial charge in [0.25, 0.3) is 0 Å². The second kappa shape index (κ2) is 33.6. The number of carbonyl (C=O) groups excluding carboxylic acids is 7. The van der Waals surface area contributed by atoms with Crippen LogP contribution in [0.5, 0.6) is 46.0 Å². The number of phenols is 8. The molecule has 7 amide bonds. The first-order valence-electron chi connectivity index (χ1n) is 30.7. The van der Waals surface area contributed by atoms with Gasteiger partial charge in [-0.3, -0.25) is 33.6 Å². The summed E-state index contributed by atoms with van der Waals surface area (Å²) in [5.41, 5.74) is 9.81. The van der Waals surface area contributed by atoms with Crippen LogP contribution in [-0.2, 0) is 89.7 Å². The molecule has 0 fully saturated rings. The van der Waals surface area contributed by atoms with Crippen molar-refractivity contribution in [2.24, 2.45) is 5.73 Å². The first-order chi connectivity index (χ1) is 46.4. The van der Waals surface area contributed by atoms with Crippen molar-refractivity contribution in [3.8, 4) is 46.0 Å². The maximum Gasteiger partial charge on any atom is 0.326 e. The molecule has 8 aromatic carbocycles. The van der Waals surface area contributed by atoms with Crippen molar-refractivity contribution in [3.63, 3.8) is 0 Å². The Kier molecular flexibility index (Phi) is 24.5. The minimum absolute atomic E-state index is 0.00409. The van der Waals surface area contributed by atoms with E-state index in [0.29, 0.717) is 44.5 Å². The number of nitrogens with two attached hydrogens (primary N) is 1. The molecular weight excluding hydrogens is 1250 g/mol. The van der Waals surface area contributed by atoms with Gasteiger partial charge in [0, 0.05) is 44.9 Å². The maximum atomic E-state index is 15.2. The highest BCUT2D eigenvalue weighted by Gasteiger charge is 2.36. The third-order valence-corrected chi connectivity index (χ3v) is 15.8. The average Bonchev–Trinajstić information content (AvgIpc) is 1.03. The minimum atomic E-state index is -1.64. The zero-order valence-corrected chi connectivity index (χ0v) is 52.1. The lowest BCUT2D eigenvalue weighted by atomic mass is 9.99. The third-order valence-electron chi connectivity index (χ3n) is 15.8. The highest BCUT2D eigenvalue weighted by atomic mass is 16.4. The molecule has 0 spiro atoms. The average molecular weight is 1320 g/mol. The summed E-state index contributed by atoms with van der Waals surface area (Å²) in [6.45, 7) is 0. The second-order valence-electron chi connectivity index (χ2n) is 23.3. The molecule has 0 aliphatic heterocycles. The van der Waals surface area contributed by atoms with Crippen molar-refractivity contribution in [3.05, 3.63) is 239 Å². The Bertz CT molecular complexity index is 3990. The molecule has 0 bridgehead atoms. The van der Waals surface area contributed by atoms with E-state index < -0.39 is 95.7 Å². The van der Waals surface area contributed by atoms with Gasteiger partial charge < -0.3 is 88.9 Å². The van der Waals surface area contributed by atoms with Crippen LogP contribution in [0.1, 0.15) is 44.5 Å². The largest absolute Gasteiger partial charge is 0.508 e. The molecule has 25 nitrogen and oxygen atoms in total. The number of carboxylic acids is 1. The number of rotatable bonds is 31. The van der Waals surface area contributed by atoms with Crippen molar-refractivity contribution in [1.82, 2.24) is 37.2 Å². The second-order valence-corrected chi connectivity index (χ2v) is 23.3. The Balaban J connectivity index is 1.10. The molecule has 8 atom stereocenters. The van der Waals surface area contributed by atoms with Gasteiger partial charge in [-0.05, 0) is 148 Å². The minimum Gasteiger partial charge on any atom is -0.508 e. The zero-order valence-electron chi connectivity index (χ0n) is 52.1. The highest BCUT2D eigenvalue weighted by Crippen LogP contribution is 2.21. The molecular formula is C72H74N8O17. The van der Waals surface area contributed by atoms with Crippen molar-refractivity contribution < 1.29 is 84.3 Å². The van der Waals surface area contributed by atoms with E-state index >= 15 is 14.4 Å². The van der Waals surface area contributed by atoms with Crippen LogP contribution < -0.4 is 43.0 Å². The summed E-state index contributed by atoms with van der Waals surface area (Å²) >= 11 is 0. The molecule has 18 N–H and O–H groups in total. The molecule has 25 heteroatoms. The van der Waals surface area contributed by atoms with Crippen molar-refractivity contribution in [2.75, 3.05) is 0 Å². The van der Waals surface area contributed by atoms with Crippen molar-refractivity contribution >= 4 is 47.3 Å². The van der Waals surface area contributed by atoms with Gasteiger partial charge in [0.2, 0.25) is 41.4 Å². The van der Waals surface area contributed by atoms with Crippen LogP contribution in [0.25, 0.3) is 0 Å². The lowest BCUT2D eigenvalue weighted by Crippen LogP contribution is -2.61. The van der Waals surface area contributed by atoms with E-state index in [-0.39, 0.29) is 97.4 Å². The monoisotopic (exact) mass is 1320 g/mol. The smallest absolute Gasteiger partial charge is 0.326 e. The number of carbonyl (C=O) groups is 8. The number of carboxylic acid groups (broad SMARTS) is 1. The topological polar surface area (TPSA) is 429 Å². The summed E-state index contributed by atoms with van der Waals surface area (Å²) in [5, 5.41) is 110. The number of aliphatic carboxylic acids is 1. The van der Waals surface area contributed by atoms with Crippen LogP contribution in [0.4, 0.5) is 0 Å². The molecule has 0 saturated heterocycles. The standard InChI is InChI=1S/C72H74N8O17/c73-57(33-41-1-17-49(81)18-2-41)65(89)74-58(34-42-3-19-50(82)20-4-42)66(90)75-59(35-43-5-21-51(83)22-6-43)67(91)76-60(36-44-7-23-52(84)24-8-44)68(92)77-61(37-45-9-25-53(85)26-10-45)69(93)78-62(38-46-11-27-54(86)28-12-46)70(94)79-63(39-47-13-29-55(87)30-14-47)71(95)80-64(72(96)97)40-48-15-31-56(88)32-16-48/h1-32,57-64,81-88H,33-40,73H2,(H,74,89)(H,75,90)(H,76,91)(H,77,92)(H,78,93)(H,79,94)(H,80,95)(H,96,97)/t57-,58-,59-,60-,61-,62-,63-,64-/m0/s1. The summed E-state index contributed by atoms with van der Waals surface area (Å²) in [5.74, 6) is -8.84. The van der Waals surface area contributed by atoms with Crippen LogP contribution in [0.2, 0.25) is 0 Å².